The van der Waals surface area contributed by atoms with Crippen LogP contribution in [0.4, 0.5) is 11.5 Å². The number of fused-ring (bicyclic) bond motifs is 1. The van der Waals surface area contributed by atoms with Crippen molar-refractivity contribution < 1.29 is 4.79 Å². The minimum absolute atomic E-state index is 0.0751. The van der Waals surface area contributed by atoms with Crippen LogP contribution >= 0.6 is 11.6 Å². The Labute approximate surface area is 144 Å². The molecule has 0 aliphatic carbocycles. The first-order valence-corrected chi connectivity index (χ1v) is 7.98. The Bertz CT molecular complexity index is 898. The summed E-state index contributed by atoms with van der Waals surface area (Å²) in [6.07, 6.45) is 1.32. The van der Waals surface area contributed by atoms with Crippen molar-refractivity contribution in [2.24, 2.45) is 0 Å². The second kappa shape index (κ2) is 5.98. The lowest BCUT2D eigenvalue weighted by atomic mass is 10.1. The highest BCUT2D eigenvalue weighted by Crippen LogP contribution is 2.38. The molecule has 0 spiro atoms. The van der Waals surface area contributed by atoms with Crippen molar-refractivity contribution in [3.8, 4) is 0 Å². The van der Waals surface area contributed by atoms with Gasteiger partial charge < -0.3 is 5.32 Å². The van der Waals surface area contributed by atoms with Gasteiger partial charge >= 0.3 is 0 Å². The highest BCUT2D eigenvalue weighted by atomic mass is 35.5. The number of para-hydroxylation sites is 1. The highest BCUT2D eigenvalue weighted by molar-refractivity contribution is 6.33. The fourth-order valence-electron chi connectivity index (χ4n) is 2.92. The smallest absolute Gasteiger partial charge is 0.261 e. The van der Waals surface area contributed by atoms with Crippen LogP contribution in [-0.2, 0) is 0 Å². The molecule has 0 radical (unpaired) electrons. The SMILES string of the molecule is O=C1c2ccccc2C(Nc2ccccc2Cl)N1c1ccccn1. The Hall–Kier alpha value is -2.85. The Morgan fingerprint density at radius 2 is 1.71 bits per heavy atom. The first-order chi connectivity index (χ1) is 11.8. The second-order valence-electron chi connectivity index (χ2n) is 5.48. The number of amides is 1. The zero-order valence-corrected chi connectivity index (χ0v) is 13.4. The normalized spacial score (nSPS) is 16.1. The minimum Gasteiger partial charge on any atom is -0.360 e. The van der Waals surface area contributed by atoms with Crippen LogP contribution in [0, 0.1) is 0 Å². The Kier molecular flexibility index (Phi) is 3.67. The number of benzene rings is 2. The molecule has 0 saturated heterocycles. The van der Waals surface area contributed by atoms with E-state index in [1.807, 2.05) is 66.7 Å². The van der Waals surface area contributed by atoms with Gasteiger partial charge in [0.05, 0.1) is 10.7 Å². The quantitative estimate of drug-likeness (QED) is 0.766. The van der Waals surface area contributed by atoms with E-state index in [2.05, 4.69) is 10.3 Å². The lowest BCUT2D eigenvalue weighted by Gasteiger charge is -2.26. The van der Waals surface area contributed by atoms with E-state index in [0.717, 1.165) is 11.3 Å². The molecule has 0 bridgehead atoms. The average molecular weight is 336 g/mol. The fraction of sp³-hybridized carbons (Fsp3) is 0.0526. The molecule has 1 aliphatic rings. The molecule has 0 saturated carbocycles. The number of pyridine rings is 1. The third kappa shape index (κ3) is 2.41. The number of anilines is 2. The summed E-state index contributed by atoms with van der Waals surface area (Å²) in [7, 11) is 0. The van der Waals surface area contributed by atoms with Gasteiger partial charge in [0, 0.05) is 17.3 Å². The summed E-state index contributed by atoms with van der Waals surface area (Å²) >= 11 is 6.28. The standard InChI is InChI=1S/C19H14ClN3O/c20-15-9-3-4-10-16(15)22-18-13-7-1-2-8-14(13)19(24)23(18)17-11-5-6-12-21-17/h1-12,18,22H. The topological polar surface area (TPSA) is 45.2 Å². The van der Waals surface area contributed by atoms with Gasteiger partial charge in [-0.15, -0.1) is 0 Å². The number of carbonyl (C=O) groups is 1. The molecule has 0 fully saturated rings. The zero-order valence-electron chi connectivity index (χ0n) is 12.7. The molecule has 1 aliphatic heterocycles. The lowest BCUT2D eigenvalue weighted by molar-refractivity contribution is 0.0992. The molecule has 4 nitrogen and oxygen atoms in total. The van der Waals surface area contributed by atoms with Gasteiger partial charge in [-0.1, -0.05) is 48.0 Å². The maximum Gasteiger partial charge on any atom is 0.261 e. The van der Waals surface area contributed by atoms with E-state index in [-0.39, 0.29) is 12.1 Å². The molecule has 5 heteroatoms. The number of halogens is 1. The maximum absolute atomic E-state index is 12.9. The summed E-state index contributed by atoms with van der Waals surface area (Å²) in [5.74, 6) is 0.525. The van der Waals surface area contributed by atoms with Crippen molar-refractivity contribution in [3.63, 3.8) is 0 Å². The number of nitrogens with zero attached hydrogens (tertiary/aromatic N) is 2. The van der Waals surface area contributed by atoms with Crippen molar-refractivity contribution in [2.45, 2.75) is 6.17 Å². The van der Waals surface area contributed by atoms with Crippen LogP contribution in [0.25, 0.3) is 0 Å². The molecular weight excluding hydrogens is 322 g/mol. The van der Waals surface area contributed by atoms with Gasteiger partial charge in [0.2, 0.25) is 0 Å². The van der Waals surface area contributed by atoms with Crippen LogP contribution in [0.3, 0.4) is 0 Å². The molecule has 1 aromatic heterocycles. The number of hydrogen-bond donors (Lipinski definition) is 1. The maximum atomic E-state index is 12.9. The minimum atomic E-state index is -0.358. The van der Waals surface area contributed by atoms with Crippen molar-refractivity contribution in [1.82, 2.24) is 4.98 Å². The van der Waals surface area contributed by atoms with Crippen molar-refractivity contribution in [2.75, 3.05) is 10.2 Å². The molecule has 4 rings (SSSR count). The molecule has 3 aromatic rings. The summed E-state index contributed by atoms with van der Waals surface area (Å²) in [5, 5.41) is 3.98. The first-order valence-electron chi connectivity index (χ1n) is 7.60. The number of nitrogens with one attached hydrogen (secondary N) is 1. The molecule has 1 atom stereocenters. The van der Waals surface area contributed by atoms with Crippen LogP contribution in [0.2, 0.25) is 5.02 Å². The summed E-state index contributed by atoms with van der Waals surface area (Å²) in [4.78, 5) is 18.9. The summed E-state index contributed by atoms with van der Waals surface area (Å²) in [5.41, 5.74) is 2.36. The molecule has 1 amide bonds. The Morgan fingerprint density at radius 3 is 2.50 bits per heavy atom. The third-order valence-corrected chi connectivity index (χ3v) is 4.35. The predicted octanol–water partition coefficient (Wildman–Crippen LogP) is 4.51. The molecule has 2 heterocycles. The van der Waals surface area contributed by atoms with Gasteiger partial charge in [0.25, 0.3) is 5.91 Å². The molecule has 2 aromatic carbocycles. The van der Waals surface area contributed by atoms with Crippen molar-refractivity contribution in [1.29, 1.82) is 0 Å². The largest absolute Gasteiger partial charge is 0.360 e. The Balaban J connectivity index is 1.81. The first kappa shape index (κ1) is 14.7. The van der Waals surface area contributed by atoms with Gasteiger partial charge in [-0.25, -0.2) is 4.98 Å². The fourth-order valence-corrected chi connectivity index (χ4v) is 3.11. The Morgan fingerprint density at radius 1 is 0.958 bits per heavy atom. The van der Waals surface area contributed by atoms with Crippen LogP contribution in [-0.4, -0.2) is 10.9 Å². The van der Waals surface area contributed by atoms with E-state index in [1.165, 1.54) is 0 Å². The van der Waals surface area contributed by atoms with Crippen LogP contribution in [0.5, 0.6) is 0 Å². The molecular formula is C19H14ClN3O. The summed E-state index contributed by atoms with van der Waals surface area (Å²) in [6, 6.07) is 20.6. The van der Waals surface area contributed by atoms with Gasteiger partial charge in [-0.3, -0.25) is 9.69 Å². The average Bonchev–Trinajstić information content (AvgIpc) is 2.90. The number of hydrogen-bond acceptors (Lipinski definition) is 3. The highest BCUT2D eigenvalue weighted by Gasteiger charge is 2.38. The monoisotopic (exact) mass is 335 g/mol. The molecule has 118 valence electrons. The van der Waals surface area contributed by atoms with Gasteiger partial charge in [0.15, 0.2) is 0 Å². The van der Waals surface area contributed by atoms with E-state index in [1.54, 1.807) is 11.1 Å². The van der Waals surface area contributed by atoms with Crippen LogP contribution in [0.1, 0.15) is 22.1 Å². The van der Waals surface area contributed by atoms with Crippen LogP contribution in [0.15, 0.2) is 72.9 Å². The second-order valence-corrected chi connectivity index (χ2v) is 5.88. The molecule has 1 unspecified atom stereocenters. The van der Waals surface area contributed by atoms with E-state index < -0.39 is 0 Å². The molecule has 24 heavy (non-hydrogen) atoms. The van der Waals surface area contributed by atoms with E-state index in [0.29, 0.717) is 16.4 Å². The van der Waals surface area contributed by atoms with Crippen LogP contribution < -0.4 is 10.2 Å². The van der Waals surface area contributed by atoms with Crippen molar-refractivity contribution in [3.05, 3.63) is 89.1 Å². The van der Waals surface area contributed by atoms with Crippen molar-refractivity contribution >= 4 is 29.0 Å². The van der Waals surface area contributed by atoms with Gasteiger partial charge in [-0.2, -0.15) is 0 Å². The number of rotatable bonds is 3. The van der Waals surface area contributed by atoms with E-state index >= 15 is 0 Å². The summed E-state index contributed by atoms with van der Waals surface area (Å²) < 4.78 is 0. The third-order valence-electron chi connectivity index (χ3n) is 4.02. The lowest BCUT2D eigenvalue weighted by Crippen LogP contribution is -2.32. The van der Waals surface area contributed by atoms with E-state index in [4.69, 9.17) is 11.6 Å². The van der Waals surface area contributed by atoms with Gasteiger partial charge in [0.1, 0.15) is 12.0 Å². The predicted molar refractivity (Wildman–Crippen MR) is 95.3 cm³/mol. The van der Waals surface area contributed by atoms with E-state index in [9.17, 15) is 4.79 Å². The molecule has 1 N–H and O–H groups in total. The number of aromatic nitrogens is 1. The number of carbonyl (C=O) groups excluding carboxylic acids is 1. The van der Waals surface area contributed by atoms with Gasteiger partial charge in [-0.05, 0) is 30.3 Å². The zero-order chi connectivity index (χ0) is 16.5. The summed E-state index contributed by atoms with van der Waals surface area (Å²) in [6.45, 7) is 0.